The third kappa shape index (κ3) is 7.29. The first-order valence-corrected chi connectivity index (χ1v) is 11.8. The van der Waals surface area contributed by atoms with E-state index in [-0.39, 0.29) is 22.9 Å². The number of para-hydroxylation sites is 1. The molecule has 0 spiro atoms. The van der Waals surface area contributed by atoms with Gasteiger partial charge in [0, 0.05) is 25.4 Å². The summed E-state index contributed by atoms with van der Waals surface area (Å²) < 4.78 is 42.8. The molecule has 0 fully saturated rings. The van der Waals surface area contributed by atoms with Crippen LogP contribution in [0, 0.1) is 0 Å². The van der Waals surface area contributed by atoms with Gasteiger partial charge in [-0.15, -0.1) is 0 Å². The number of ether oxygens (including phenoxy) is 3. The molecular weight excluding hydrogens is 462 g/mol. The van der Waals surface area contributed by atoms with Crippen LogP contribution in [0.2, 0.25) is 0 Å². The third-order valence-corrected chi connectivity index (χ3v) is 5.60. The first-order chi connectivity index (χ1) is 16.4. The van der Waals surface area contributed by atoms with Crippen molar-refractivity contribution in [3.63, 3.8) is 0 Å². The minimum absolute atomic E-state index is 0.0308. The quantitative estimate of drug-likeness (QED) is 0.419. The van der Waals surface area contributed by atoms with Crippen molar-refractivity contribution in [3.05, 3.63) is 78.5 Å². The zero-order valence-corrected chi connectivity index (χ0v) is 19.1. The monoisotopic (exact) mass is 485 g/mol. The number of pyridine rings is 1. The fraction of sp³-hybridized carbons (Fsp3) is 0.174. The van der Waals surface area contributed by atoms with Gasteiger partial charge >= 0.3 is 6.09 Å². The highest BCUT2D eigenvalue weighted by atomic mass is 32.2. The molecular formula is C23H23N3O7S. The maximum absolute atomic E-state index is 12.6. The molecule has 0 unspecified atom stereocenters. The molecule has 2 amide bonds. The number of benzene rings is 2. The fourth-order valence-corrected chi connectivity index (χ4v) is 3.60. The van der Waals surface area contributed by atoms with Crippen LogP contribution in [0.4, 0.5) is 4.79 Å². The average molecular weight is 486 g/mol. The Morgan fingerprint density at radius 1 is 0.941 bits per heavy atom. The van der Waals surface area contributed by atoms with Gasteiger partial charge in [0.2, 0.25) is 5.88 Å². The lowest BCUT2D eigenvalue weighted by molar-refractivity contribution is 0.0981. The second kappa shape index (κ2) is 11.8. The molecule has 3 rings (SSSR count). The molecule has 0 aliphatic rings. The highest BCUT2D eigenvalue weighted by Crippen LogP contribution is 2.22. The van der Waals surface area contributed by atoms with E-state index in [1.54, 1.807) is 12.1 Å². The van der Waals surface area contributed by atoms with Gasteiger partial charge in [-0.1, -0.05) is 18.2 Å². The van der Waals surface area contributed by atoms with Gasteiger partial charge in [-0.3, -0.25) is 4.79 Å². The lowest BCUT2D eigenvalue weighted by atomic mass is 10.3. The number of carbonyl (C=O) groups is 2. The molecule has 0 aliphatic heterocycles. The Morgan fingerprint density at radius 2 is 1.65 bits per heavy atom. The van der Waals surface area contributed by atoms with Crippen LogP contribution < -0.4 is 19.5 Å². The molecule has 0 atom stereocenters. The predicted octanol–water partition coefficient (Wildman–Crippen LogP) is 3.12. The van der Waals surface area contributed by atoms with Crippen molar-refractivity contribution < 1.29 is 32.2 Å². The first kappa shape index (κ1) is 24.7. The van der Waals surface area contributed by atoms with Crippen LogP contribution in [0.3, 0.4) is 0 Å². The average Bonchev–Trinajstić information content (AvgIpc) is 2.83. The minimum Gasteiger partial charge on any atom is -0.457 e. The lowest BCUT2D eigenvalue weighted by Crippen LogP contribution is -2.31. The van der Waals surface area contributed by atoms with Crippen LogP contribution in [0.5, 0.6) is 17.4 Å². The maximum Gasteiger partial charge on any atom is 0.414 e. The van der Waals surface area contributed by atoms with Crippen molar-refractivity contribution in [1.29, 1.82) is 0 Å². The van der Waals surface area contributed by atoms with Crippen LogP contribution in [-0.4, -0.2) is 45.2 Å². The Kier molecular flexibility index (Phi) is 8.54. The van der Waals surface area contributed by atoms with E-state index in [4.69, 9.17) is 14.2 Å². The number of aromatic nitrogens is 1. The molecule has 10 nitrogen and oxygen atoms in total. The molecule has 3 aromatic rings. The number of carbonyl (C=O) groups excluding carboxylic acids is 2. The predicted molar refractivity (Wildman–Crippen MR) is 122 cm³/mol. The normalized spacial score (nSPS) is 10.9. The Bertz CT molecular complexity index is 1200. The summed E-state index contributed by atoms with van der Waals surface area (Å²) in [7, 11) is -4.13. The van der Waals surface area contributed by atoms with Crippen molar-refractivity contribution >= 4 is 22.0 Å². The van der Waals surface area contributed by atoms with Crippen molar-refractivity contribution in [2.45, 2.75) is 11.8 Å². The zero-order valence-electron chi connectivity index (χ0n) is 18.3. The molecule has 1 aromatic heterocycles. The van der Waals surface area contributed by atoms with E-state index in [1.165, 1.54) is 36.4 Å². The summed E-state index contributed by atoms with van der Waals surface area (Å²) in [5.41, 5.74) is -0.0308. The molecule has 0 aliphatic carbocycles. The van der Waals surface area contributed by atoms with Gasteiger partial charge in [0.1, 0.15) is 11.5 Å². The first-order valence-electron chi connectivity index (χ1n) is 10.3. The number of nitrogens with one attached hydrogen (secondary N) is 2. The van der Waals surface area contributed by atoms with E-state index < -0.39 is 22.0 Å². The summed E-state index contributed by atoms with van der Waals surface area (Å²) >= 11 is 0. The van der Waals surface area contributed by atoms with E-state index in [2.05, 4.69) is 10.3 Å². The largest absolute Gasteiger partial charge is 0.457 e. The SMILES string of the molecule is CCOCCNC(=O)Oc1ccc(C(=O)NS(=O)(=O)c2ccc(Oc3ccccc3)cc2)cn1. The van der Waals surface area contributed by atoms with Crippen LogP contribution in [0.15, 0.2) is 77.8 Å². The number of amides is 2. The molecule has 178 valence electrons. The van der Waals surface area contributed by atoms with E-state index in [1.807, 2.05) is 29.8 Å². The molecule has 34 heavy (non-hydrogen) atoms. The van der Waals surface area contributed by atoms with E-state index in [9.17, 15) is 18.0 Å². The van der Waals surface area contributed by atoms with E-state index in [0.717, 1.165) is 6.20 Å². The summed E-state index contributed by atoms with van der Waals surface area (Å²) in [4.78, 5) is 27.8. The molecule has 1 heterocycles. The molecule has 0 saturated heterocycles. The molecule has 0 bridgehead atoms. The summed E-state index contributed by atoms with van der Waals surface area (Å²) in [5.74, 6) is 0.111. The molecule has 11 heteroatoms. The number of nitrogens with zero attached hydrogens (tertiary/aromatic N) is 1. The van der Waals surface area contributed by atoms with Crippen molar-refractivity contribution in [1.82, 2.24) is 15.0 Å². The summed E-state index contributed by atoms with van der Waals surface area (Å²) in [6.45, 7) is 2.98. The second-order valence-corrected chi connectivity index (χ2v) is 8.40. The van der Waals surface area contributed by atoms with Gasteiger partial charge in [0.05, 0.1) is 17.1 Å². The Labute approximate surface area is 196 Å². The molecule has 2 aromatic carbocycles. The van der Waals surface area contributed by atoms with Crippen molar-refractivity contribution in [3.8, 4) is 17.4 Å². The molecule has 0 radical (unpaired) electrons. The number of hydrogen-bond donors (Lipinski definition) is 2. The Balaban J connectivity index is 1.56. The van der Waals surface area contributed by atoms with Crippen LogP contribution in [0.1, 0.15) is 17.3 Å². The summed E-state index contributed by atoms with van der Waals surface area (Å²) in [6.07, 6.45) is 0.372. The third-order valence-electron chi connectivity index (χ3n) is 4.26. The van der Waals surface area contributed by atoms with Gasteiger partial charge in [-0.05, 0) is 49.4 Å². The van der Waals surface area contributed by atoms with Crippen molar-refractivity contribution in [2.75, 3.05) is 19.8 Å². The smallest absolute Gasteiger partial charge is 0.414 e. The summed E-state index contributed by atoms with van der Waals surface area (Å²) in [6, 6.07) is 17.2. The van der Waals surface area contributed by atoms with Gasteiger partial charge in [0.15, 0.2) is 0 Å². The van der Waals surface area contributed by atoms with E-state index in [0.29, 0.717) is 24.7 Å². The minimum atomic E-state index is -4.13. The Hall–Kier alpha value is -3.96. The lowest BCUT2D eigenvalue weighted by Gasteiger charge is -2.09. The summed E-state index contributed by atoms with van der Waals surface area (Å²) in [5, 5.41) is 2.48. The highest BCUT2D eigenvalue weighted by molar-refractivity contribution is 7.90. The van der Waals surface area contributed by atoms with Crippen LogP contribution >= 0.6 is 0 Å². The van der Waals surface area contributed by atoms with Crippen molar-refractivity contribution in [2.24, 2.45) is 0 Å². The topological polar surface area (TPSA) is 133 Å². The number of sulfonamides is 1. The molecule has 0 saturated carbocycles. The number of rotatable bonds is 10. The van der Waals surface area contributed by atoms with Gasteiger partial charge in [-0.2, -0.15) is 0 Å². The Morgan fingerprint density at radius 3 is 2.29 bits per heavy atom. The van der Waals surface area contributed by atoms with Gasteiger partial charge in [0.25, 0.3) is 15.9 Å². The zero-order chi connectivity index (χ0) is 24.4. The van der Waals surface area contributed by atoms with Gasteiger partial charge < -0.3 is 19.5 Å². The fourth-order valence-electron chi connectivity index (χ4n) is 2.63. The van der Waals surface area contributed by atoms with E-state index >= 15 is 0 Å². The maximum atomic E-state index is 12.6. The number of hydrogen-bond acceptors (Lipinski definition) is 8. The second-order valence-electron chi connectivity index (χ2n) is 6.72. The van der Waals surface area contributed by atoms with Gasteiger partial charge in [-0.25, -0.2) is 22.9 Å². The molecule has 2 N–H and O–H groups in total. The van der Waals surface area contributed by atoms with Crippen LogP contribution in [-0.2, 0) is 14.8 Å². The standard InChI is InChI=1S/C23H23N3O7S/c1-2-31-15-14-24-23(28)33-21-13-8-17(16-25-21)22(27)26-34(29,30)20-11-9-19(10-12-20)32-18-6-4-3-5-7-18/h3-13,16H,2,14-15H2,1H3,(H,24,28)(H,26,27). The van der Waals surface area contributed by atoms with Crippen LogP contribution in [0.25, 0.3) is 0 Å². The highest BCUT2D eigenvalue weighted by Gasteiger charge is 2.19.